The SMILES string of the molecule is O=C(Nc1ccc(Sc2ccc([N+](=O)[O-])cc2)cc1)[C@@H]1CSCN1C(=O)OCc1ccccc1. The van der Waals surface area contributed by atoms with Gasteiger partial charge >= 0.3 is 6.09 Å². The molecule has 3 aromatic carbocycles. The number of nitro groups is 1. The van der Waals surface area contributed by atoms with E-state index in [0.717, 1.165) is 15.4 Å². The van der Waals surface area contributed by atoms with Gasteiger partial charge < -0.3 is 10.1 Å². The predicted molar refractivity (Wildman–Crippen MR) is 132 cm³/mol. The van der Waals surface area contributed by atoms with Gasteiger partial charge in [0, 0.05) is 33.4 Å². The monoisotopic (exact) mass is 495 g/mol. The van der Waals surface area contributed by atoms with Crippen molar-refractivity contribution in [2.24, 2.45) is 0 Å². The molecule has 10 heteroatoms. The molecular formula is C24H21N3O5S2. The van der Waals surface area contributed by atoms with Gasteiger partial charge in [-0.25, -0.2) is 4.79 Å². The molecule has 0 aliphatic carbocycles. The lowest BCUT2D eigenvalue weighted by molar-refractivity contribution is -0.384. The van der Waals surface area contributed by atoms with E-state index in [0.29, 0.717) is 17.3 Å². The molecule has 174 valence electrons. The van der Waals surface area contributed by atoms with Crippen molar-refractivity contribution in [2.45, 2.75) is 22.4 Å². The van der Waals surface area contributed by atoms with Gasteiger partial charge in [-0.1, -0.05) is 42.1 Å². The summed E-state index contributed by atoms with van der Waals surface area (Å²) in [5, 5.41) is 13.6. The van der Waals surface area contributed by atoms with Gasteiger partial charge in [-0.3, -0.25) is 19.8 Å². The van der Waals surface area contributed by atoms with E-state index in [1.165, 1.54) is 40.6 Å². The first-order chi connectivity index (χ1) is 16.5. The van der Waals surface area contributed by atoms with E-state index in [1.807, 2.05) is 42.5 Å². The van der Waals surface area contributed by atoms with Gasteiger partial charge in [0.1, 0.15) is 12.6 Å². The number of carbonyl (C=O) groups excluding carboxylic acids is 2. The van der Waals surface area contributed by atoms with Gasteiger partial charge in [0.15, 0.2) is 0 Å². The second-order valence-electron chi connectivity index (χ2n) is 7.39. The molecule has 0 bridgehead atoms. The quantitative estimate of drug-likeness (QED) is 0.346. The average molecular weight is 496 g/mol. The Hall–Kier alpha value is -3.50. The highest BCUT2D eigenvalue weighted by atomic mass is 32.2. The number of ether oxygens (including phenoxy) is 1. The Balaban J connectivity index is 1.31. The van der Waals surface area contributed by atoms with Gasteiger partial charge in [0.25, 0.3) is 5.69 Å². The van der Waals surface area contributed by atoms with Crippen molar-refractivity contribution in [3.63, 3.8) is 0 Å². The topological polar surface area (TPSA) is 102 Å². The minimum atomic E-state index is -0.609. The number of carbonyl (C=O) groups is 2. The maximum Gasteiger partial charge on any atom is 0.411 e. The molecule has 0 radical (unpaired) electrons. The Kier molecular flexibility index (Phi) is 7.71. The molecule has 1 fully saturated rings. The number of non-ortho nitro benzene ring substituents is 1. The standard InChI is InChI=1S/C24H21N3O5S2/c28-23(22-15-33-16-26(22)24(29)32-14-17-4-2-1-3-5-17)25-18-6-10-20(11-7-18)34-21-12-8-19(9-13-21)27(30)31/h1-13,22H,14-16H2,(H,25,28)/t22-/m0/s1. The van der Waals surface area contributed by atoms with Crippen molar-refractivity contribution in [1.82, 2.24) is 4.90 Å². The highest BCUT2D eigenvalue weighted by Gasteiger charge is 2.35. The zero-order valence-corrected chi connectivity index (χ0v) is 19.6. The van der Waals surface area contributed by atoms with Crippen LogP contribution in [0, 0.1) is 10.1 Å². The zero-order chi connectivity index (χ0) is 23.9. The fraction of sp³-hybridized carbons (Fsp3) is 0.167. The highest BCUT2D eigenvalue weighted by Crippen LogP contribution is 2.30. The van der Waals surface area contributed by atoms with Crippen LogP contribution in [0.5, 0.6) is 0 Å². The highest BCUT2D eigenvalue weighted by molar-refractivity contribution is 7.99. The molecule has 3 aromatic rings. The van der Waals surface area contributed by atoms with E-state index in [2.05, 4.69) is 5.32 Å². The van der Waals surface area contributed by atoms with Crippen molar-refractivity contribution in [2.75, 3.05) is 16.9 Å². The van der Waals surface area contributed by atoms with Gasteiger partial charge in [-0.15, -0.1) is 11.8 Å². The maximum absolute atomic E-state index is 12.8. The van der Waals surface area contributed by atoms with Crippen LogP contribution in [0.15, 0.2) is 88.7 Å². The molecule has 8 nitrogen and oxygen atoms in total. The van der Waals surface area contributed by atoms with Crippen LogP contribution in [0.1, 0.15) is 5.56 Å². The number of nitro benzene ring substituents is 1. The van der Waals surface area contributed by atoms with Crippen LogP contribution in [-0.2, 0) is 16.1 Å². The lowest BCUT2D eigenvalue weighted by Crippen LogP contribution is -2.44. The van der Waals surface area contributed by atoms with Crippen LogP contribution in [0.3, 0.4) is 0 Å². The molecule has 34 heavy (non-hydrogen) atoms. The van der Waals surface area contributed by atoms with E-state index in [1.54, 1.807) is 24.3 Å². The minimum Gasteiger partial charge on any atom is -0.445 e. The van der Waals surface area contributed by atoms with Crippen molar-refractivity contribution in [3.05, 3.63) is 94.5 Å². The Morgan fingerprint density at radius 3 is 2.32 bits per heavy atom. The number of rotatable bonds is 7. The molecular weight excluding hydrogens is 474 g/mol. The summed E-state index contributed by atoms with van der Waals surface area (Å²) >= 11 is 2.97. The molecule has 1 saturated heterocycles. The molecule has 4 rings (SSSR count). The predicted octanol–water partition coefficient (Wildman–Crippen LogP) is 5.40. The van der Waals surface area contributed by atoms with E-state index in [-0.39, 0.29) is 18.2 Å². The smallest absolute Gasteiger partial charge is 0.411 e. The lowest BCUT2D eigenvalue weighted by atomic mass is 10.2. The van der Waals surface area contributed by atoms with Crippen LogP contribution < -0.4 is 5.32 Å². The summed E-state index contributed by atoms with van der Waals surface area (Å²) in [5.41, 5.74) is 1.55. The van der Waals surface area contributed by atoms with Gasteiger partial charge in [-0.05, 0) is 42.0 Å². The lowest BCUT2D eigenvalue weighted by Gasteiger charge is -2.22. The Labute approximate surface area is 204 Å². The molecule has 1 atom stereocenters. The van der Waals surface area contributed by atoms with Crippen molar-refractivity contribution < 1.29 is 19.2 Å². The molecule has 1 heterocycles. The number of hydrogen-bond donors (Lipinski definition) is 1. The van der Waals surface area contributed by atoms with Crippen molar-refractivity contribution in [1.29, 1.82) is 0 Å². The zero-order valence-electron chi connectivity index (χ0n) is 18.0. The van der Waals surface area contributed by atoms with E-state index in [4.69, 9.17) is 4.74 Å². The normalized spacial score (nSPS) is 15.1. The summed E-state index contributed by atoms with van der Waals surface area (Å²) in [7, 11) is 0. The summed E-state index contributed by atoms with van der Waals surface area (Å²) < 4.78 is 5.39. The largest absolute Gasteiger partial charge is 0.445 e. The Morgan fingerprint density at radius 1 is 1.03 bits per heavy atom. The summed E-state index contributed by atoms with van der Waals surface area (Å²) in [6.45, 7) is 0.156. The first-order valence-electron chi connectivity index (χ1n) is 10.4. The molecule has 0 spiro atoms. The van der Waals surface area contributed by atoms with Crippen LogP contribution in [-0.4, -0.2) is 39.5 Å². The van der Waals surface area contributed by atoms with Crippen LogP contribution in [0.2, 0.25) is 0 Å². The first kappa shape index (κ1) is 23.7. The van der Waals surface area contributed by atoms with Crippen molar-refractivity contribution in [3.8, 4) is 0 Å². The molecule has 0 aromatic heterocycles. The van der Waals surface area contributed by atoms with E-state index < -0.39 is 17.1 Å². The second-order valence-corrected chi connectivity index (χ2v) is 9.54. The fourth-order valence-electron chi connectivity index (χ4n) is 3.25. The number of thioether (sulfide) groups is 1. The summed E-state index contributed by atoms with van der Waals surface area (Å²) in [4.78, 5) is 39.0. The van der Waals surface area contributed by atoms with Gasteiger partial charge in [-0.2, -0.15) is 0 Å². The van der Waals surface area contributed by atoms with Crippen LogP contribution in [0.25, 0.3) is 0 Å². The molecule has 0 unspecified atom stereocenters. The Bertz CT molecular complexity index is 1160. The van der Waals surface area contributed by atoms with E-state index in [9.17, 15) is 19.7 Å². The number of nitrogens with zero attached hydrogens (tertiary/aromatic N) is 2. The third-order valence-electron chi connectivity index (χ3n) is 5.03. The van der Waals surface area contributed by atoms with Crippen LogP contribution in [0.4, 0.5) is 16.2 Å². The molecule has 1 N–H and O–H groups in total. The van der Waals surface area contributed by atoms with E-state index >= 15 is 0 Å². The third-order valence-corrected chi connectivity index (χ3v) is 7.06. The maximum atomic E-state index is 12.8. The molecule has 0 saturated carbocycles. The fourth-order valence-corrected chi connectivity index (χ4v) is 5.20. The molecule has 1 aliphatic rings. The van der Waals surface area contributed by atoms with Crippen molar-refractivity contribution >= 4 is 46.9 Å². The Morgan fingerprint density at radius 2 is 1.68 bits per heavy atom. The summed E-state index contributed by atoms with van der Waals surface area (Å²) in [5.74, 6) is 0.633. The van der Waals surface area contributed by atoms with Gasteiger partial charge in [0.2, 0.25) is 5.91 Å². The summed E-state index contributed by atoms with van der Waals surface area (Å²) in [6.07, 6.45) is -0.510. The number of anilines is 1. The second kappa shape index (κ2) is 11.1. The molecule has 2 amide bonds. The summed E-state index contributed by atoms with van der Waals surface area (Å²) in [6, 6.07) is 22.4. The van der Waals surface area contributed by atoms with Crippen LogP contribution >= 0.6 is 23.5 Å². The average Bonchev–Trinajstić information content (AvgIpc) is 3.35. The third kappa shape index (κ3) is 6.09. The number of amides is 2. The molecule has 1 aliphatic heterocycles. The number of nitrogens with one attached hydrogen (secondary N) is 1. The first-order valence-corrected chi connectivity index (χ1v) is 12.3. The van der Waals surface area contributed by atoms with Gasteiger partial charge in [0.05, 0.1) is 10.8 Å². The number of hydrogen-bond acceptors (Lipinski definition) is 7. The minimum absolute atomic E-state index is 0.0467. The number of benzene rings is 3.